The lowest BCUT2D eigenvalue weighted by molar-refractivity contribution is -0.274. The van der Waals surface area contributed by atoms with E-state index >= 15 is 0 Å². The first-order valence-electron chi connectivity index (χ1n) is 9.08. The van der Waals surface area contributed by atoms with Gasteiger partial charge < -0.3 is 19.9 Å². The van der Waals surface area contributed by atoms with E-state index in [9.17, 15) is 18.0 Å². The number of carbonyl (C=O) groups is 1. The molecule has 2 heterocycles. The van der Waals surface area contributed by atoms with Gasteiger partial charge in [-0.1, -0.05) is 5.16 Å². The Morgan fingerprint density at radius 2 is 2.00 bits per heavy atom. The number of aromatic nitrogens is 2. The summed E-state index contributed by atoms with van der Waals surface area (Å²) in [5, 5.41) is 9.62. The van der Waals surface area contributed by atoms with Gasteiger partial charge in [-0.15, -0.1) is 13.2 Å². The second-order valence-corrected chi connectivity index (χ2v) is 7.19. The van der Waals surface area contributed by atoms with Gasteiger partial charge in [-0.2, -0.15) is 4.98 Å². The summed E-state index contributed by atoms with van der Waals surface area (Å²) in [6.07, 6.45) is -4.15. The molecule has 0 saturated carbocycles. The van der Waals surface area contributed by atoms with Crippen molar-refractivity contribution in [3.05, 3.63) is 30.2 Å². The molecule has 29 heavy (non-hydrogen) atoms. The van der Waals surface area contributed by atoms with Crippen LogP contribution in [-0.2, 0) is 0 Å². The highest BCUT2D eigenvalue weighted by molar-refractivity contribution is 5.74. The third-order valence-corrected chi connectivity index (χ3v) is 4.38. The monoisotopic (exact) mass is 413 g/mol. The topological polar surface area (TPSA) is 92.5 Å². The number of urea groups is 1. The molecule has 1 aliphatic heterocycles. The van der Waals surface area contributed by atoms with Gasteiger partial charge in [-0.3, -0.25) is 4.90 Å². The minimum Gasteiger partial charge on any atom is -0.406 e. The van der Waals surface area contributed by atoms with Gasteiger partial charge in [0.05, 0.1) is 6.04 Å². The van der Waals surface area contributed by atoms with Crippen molar-refractivity contribution in [3.63, 3.8) is 0 Å². The maximum atomic E-state index is 12.3. The van der Waals surface area contributed by atoms with E-state index in [0.717, 1.165) is 0 Å². The van der Waals surface area contributed by atoms with Crippen LogP contribution in [-0.4, -0.2) is 53.1 Å². The van der Waals surface area contributed by atoms with Crippen molar-refractivity contribution in [2.75, 3.05) is 13.6 Å². The first kappa shape index (κ1) is 20.9. The maximum absolute atomic E-state index is 12.3. The Balaban J connectivity index is 1.64. The molecule has 0 bridgehead atoms. The summed E-state index contributed by atoms with van der Waals surface area (Å²) in [7, 11) is 1.89. The molecule has 2 aromatic rings. The van der Waals surface area contributed by atoms with Crippen LogP contribution in [0.2, 0.25) is 0 Å². The quantitative estimate of drug-likeness (QED) is 0.783. The lowest BCUT2D eigenvalue weighted by Crippen LogP contribution is -2.45. The summed E-state index contributed by atoms with van der Waals surface area (Å²) in [6, 6.07) is 4.79. The highest BCUT2D eigenvalue weighted by Gasteiger charge is 2.35. The van der Waals surface area contributed by atoms with Crippen LogP contribution in [0.15, 0.2) is 28.8 Å². The number of nitrogens with one attached hydrogen (secondary N) is 2. The van der Waals surface area contributed by atoms with E-state index in [1.807, 2.05) is 25.8 Å². The number of likely N-dealkylation sites (tertiary alicyclic amines) is 1. The zero-order chi connectivity index (χ0) is 21.2. The van der Waals surface area contributed by atoms with Gasteiger partial charge in [0.2, 0.25) is 11.7 Å². The average Bonchev–Trinajstić information content (AvgIpc) is 3.20. The number of rotatable bonds is 5. The minimum atomic E-state index is -4.75. The molecule has 0 radical (unpaired) electrons. The molecule has 1 aliphatic rings. The molecule has 2 N–H and O–H groups in total. The number of amides is 2. The highest BCUT2D eigenvalue weighted by atomic mass is 19.4. The summed E-state index contributed by atoms with van der Waals surface area (Å²) in [5.74, 6) is 0.321. The van der Waals surface area contributed by atoms with Gasteiger partial charge in [0.1, 0.15) is 5.75 Å². The van der Waals surface area contributed by atoms with Gasteiger partial charge in [0.15, 0.2) is 0 Å². The summed E-state index contributed by atoms with van der Waals surface area (Å²) in [4.78, 5) is 18.3. The molecule has 2 atom stereocenters. The Bertz CT molecular complexity index is 838. The molecule has 8 nitrogen and oxygen atoms in total. The summed E-state index contributed by atoms with van der Waals surface area (Å²) < 4.78 is 46.0. The SMILES string of the molecule is CC(C)NC(=O)N[C@H]1C[C@@H](c2nc(-c3ccc(OC(F)(F)F)cc3)no2)N(C)C1. The van der Waals surface area contributed by atoms with Crippen LogP contribution in [0, 0.1) is 0 Å². The number of alkyl halides is 3. The lowest BCUT2D eigenvalue weighted by atomic mass is 10.1. The minimum absolute atomic E-state index is 0.0383. The van der Waals surface area contributed by atoms with Crippen LogP contribution in [0.25, 0.3) is 11.4 Å². The molecule has 3 rings (SSSR count). The molecular weight excluding hydrogens is 391 g/mol. The molecule has 1 saturated heterocycles. The van der Waals surface area contributed by atoms with E-state index in [1.54, 1.807) is 0 Å². The first-order valence-corrected chi connectivity index (χ1v) is 9.08. The Labute approximate surface area is 165 Å². The van der Waals surface area contributed by atoms with E-state index in [-0.39, 0.29) is 35.7 Å². The predicted molar refractivity (Wildman–Crippen MR) is 97.0 cm³/mol. The van der Waals surface area contributed by atoms with Crippen molar-refractivity contribution in [3.8, 4) is 17.1 Å². The number of likely N-dealkylation sites (N-methyl/N-ethyl adjacent to an activating group) is 1. The Hall–Kier alpha value is -2.82. The van der Waals surface area contributed by atoms with Crippen LogP contribution >= 0.6 is 0 Å². The zero-order valence-corrected chi connectivity index (χ0v) is 16.2. The number of hydrogen-bond acceptors (Lipinski definition) is 6. The van der Waals surface area contributed by atoms with Crippen LogP contribution < -0.4 is 15.4 Å². The van der Waals surface area contributed by atoms with Crippen molar-refractivity contribution in [2.45, 2.75) is 44.8 Å². The van der Waals surface area contributed by atoms with Crippen molar-refractivity contribution >= 4 is 6.03 Å². The molecule has 2 amide bonds. The van der Waals surface area contributed by atoms with Gasteiger partial charge in [0.25, 0.3) is 0 Å². The highest BCUT2D eigenvalue weighted by Crippen LogP contribution is 2.31. The van der Waals surface area contributed by atoms with Crippen molar-refractivity contribution in [1.29, 1.82) is 0 Å². The number of carbonyl (C=O) groups excluding carboxylic acids is 1. The molecule has 1 aromatic heterocycles. The zero-order valence-electron chi connectivity index (χ0n) is 16.2. The fraction of sp³-hybridized carbons (Fsp3) is 0.500. The number of benzene rings is 1. The Kier molecular flexibility index (Phi) is 5.96. The number of ether oxygens (including phenoxy) is 1. The van der Waals surface area contributed by atoms with Crippen LogP contribution in [0.1, 0.15) is 32.2 Å². The Morgan fingerprint density at radius 3 is 2.62 bits per heavy atom. The average molecular weight is 413 g/mol. The molecule has 0 aliphatic carbocycles. The molecule has 11 heteroatoms. The lowest BCUT2D eigenvalue weighted by Gasteiger charge is -2.15. The molecule has 1 aromatic carbocycles. The molecule has 1 fully saturated rings. The molecular formula is C18H22F3N5O3. The number of nitrogens with zero attached hydrogens (tertiary/aromatic N) is 3. The maximum Gasteiger partial charge on any atom is 0.573 e. The molecule has 158 valence electrons. The van der Waals surface area contributed by atoms with Crippen LogP contribution in [0.3, 0.4) is 0 Å². The standard InChI is InChI=1S/C18H22F3N5O3/c1-10(2)22-17(27)23-12-8-14(26(3)9-12)16-24-15(25-29-16)11-4-6-13(7-5-11)28-18(19,20)21/h4-7,10,12,14H,8-9H2,1-3H3,(H2,22,23,27)/t12-,14-/m0/s1. The van der Waals surface area contributed by atoms with Gasteiger partial charge in [-0.25, -0.2) is 4.79 Å². The fourth-order valence-corrected chi connectivity index (χ4v) is 3.18. The van der Waals surface area contributed by atoms with E-state index in [1.165, 1.54) is 24.3 Å². The predicted octanol–water partition coefficient (Wildman–Crippen LogP) is 3.09. The third-order valence-electron chi connectivity index (χ3n) is 4.38. The van der Waals surface area contributed by atoms with Crippen molar-refractivity contribution < 1.29 is 27.2 Å². The smallest absolute Gasteiger partial charge is 0.406 e. The second-order valence-electron chi connectivity index (χ2n) is 7.19. The van der Waals surface area contributed by atoms with Gasteiger partial charge in [0, 0.05) is 24.2 Å². The first-order chi connectivity index (χ1) is 13.6. The van der Waals surface area contributed by atoms with Crippen molar-refractivity contribution in [1.82, 2.24) is 25.7 Å². The van der Waals surface area contributed by atoms with Crippen LogP contribution in [0.4, 0.5) is 18.0 Å². The number of hydrogen-bond donors (Lipinski definition) is 2. The van der Waals surface area contributed by atoms with E-state index in [2.05, 4.69) is 25.5 Å². The van der Waals surface area contributed by atoms with E-state index in [4.69, 9.17) is 4.52 Å². The fourth-order valence-electron chi connectivity index (χ4n) is 3.18. The largest absolute Gasteiger partial charge is 0.573 e. The van der Waals surface area contributed by atoms with Gasteiger partial charge >= 0.3 is 12.4 Å². The van der Waals surface area contributed by atoms with E-state index < -0.39 is 6.36 Å². The van der Waals surface area contributed by atoms with E-state index in [0.29, 0.717) is 24.4 Å². The molecule has 0 unspecified atom stereocenters. The van der Waals surface area contributed by atoms with Crippen LogP contribution in [0.5, 0.6) is 5.75 Å². The second kappa shape index (κ2) is 8.27. The van der Waals surface area contributed by atoms with Crippen molar-refractivity contribution in [2.24, 2.45) is 0 Å². The molecule has 0 spiro atoms. The van der Waals surface area contributed by atoms with Gasteiger partial charge in [-0.05, 0) is 51.6 Å². The normalized spacial score (nSPS) is 20.1. The Morgan fingerprint density at radius 1 is 1.31 bits per heavy atom. The summed E-state index contributed by atoms with van der Waals surface area (Å²) in [6.45, 7) is 4.38. The summed E-state index contributed by atoms with van der Waals surface area (Å²) >= 11 is 0. The summed E-state index contributed by atoms with van der Waals surface area (Å²) in [5.41, 5.74) is 0.501. The number of halogens is 3. The third kappa shape index (κ3) is 5.59.